The summed E-state index contributed by atoms with van der Waals surface area (Å²) in [5.74, 6) is -0.267. The lowest BCUT2D eigenvalue weighted by Crippen LogP contribution is -2.27. The smallest absolute Gasteiger partial charge is 0.309 e. The summed E-state index contributed by atoms with van der Waals surface area (Å²) in [6.45, 7) is 1.84. The molecular formula is C19H24FN3O2. The number of aromatic amines is 1. The first-order valence-electron chi connectivity index (χ1n) is 9.15. The van der Waals surface area contributed by atoms with Crippen molar-refractivity contribution < 1.29 is 13.9 Å². The van der Waals surface area contributed by atoms with Gasteiger partial charge >= 0.3 is 5.97 Å². The predicted molar refractivity (Wildman–Crippen MR) is 93.0 cm³/mol. The Morgan fingerprint density at radius 3 is 2.88 bits per heavy atom. The van der Waals surface area contributed by atoms with Gasteiger partial charge in [0.15, 0.2) is 0 Å². The summed E-state index contributed by atoms with van der Waals surface area (Å²) in [7, 11) is 1.44. The van der Waals surface area contributed by atoms with Crippen LogP contribution in [0, 0.1) is 11.7 Å². The fourth-order valence-electron chi connectivity index (χ4n) is 4.47. The first-order valence-corrected chi connectivity index (χ1v) is 9.15. The molecule has 0 amide bonds. The molecular weight excluding hydrogens is 321 g/mol. The number of rotatable bonds is 2. The predicted octanol–water partition coefficient (Wildman–Crippen LogP) is 2.84. The van der Waals surface area contributed by atoms with E-state index in [4.69, 9.17) is 4.74 Å². The molecule has 5 nitrogen and oxygen atoms in total. The molecule has 4 rings (SSSR count). The van der Waals surface area contributed by atoms with Crippen molar-refractivity contribution in [2.75, 3.05) is 20.2 Å². The van der Waals surface area contributed by atoms with Gasteiger partial charge < -0.3 is 15.0 Å². The van der Waals surface area contributed by atoms with Crippen LogP contribution in [0.4, 0.5) is 4.39 Å². The van der Waals surface area contributed by atoms with Crippen LogP contribution in [0.1, 0.15) is 48.4 Å². The molecule has 2 N–H and O–H groups in total. The van der Waals surface area contributed by atoms with E-state index in [1.807, 2.05) is 0 Å². The van der Waals surface area contributed by atoms with Crippen LogP contribution in [0.15, 0.2) is 6.20 Å². The number of carbonyl (C=O) groups excluding carboxylic acids is 1. The van der Waals surface area contributed by atoms with E-state index in [0.717, 1.165) is 73.0 Å². The number of aryl methyl sites for hydroxylation is 1. The second kappa shape index (κ2) is 6.75. The van der Waals surface area contributed by atoms with Gasteiger partial charge in [-0.3, -0.25) is 4.79 Å². The monoisotopic (exact) mass is 345 g/mol. The molecule has 6 heteroatoms. The third-order valence-corrected chi connectivity index (χ3v) is 5.72. The molecule has 1 unspecified atom stereocenters. The Morgan fingerprint density at radius 2 is 2.12 bits per heavy atom. The van der Waals surface area contributed by atoms with Gasteiger partial charge in [0.1, 0.15) is 11.5 Å². The van der Waals surface area contributed by atoms with E-state index in [9.17, 15) is 9.18 Å². The summed E-state index contributed by atoms with van der Waals surface area (Å²) >= 11 is 0. The Balaban J connectivity index is 1.81. The third kappa shape index (κ3) is 2.92. The third-order valence-electron chi connectivity index (χ3n) is 5.72. The van der Waals surface area contributed by atoms with Crippen molar-refractivity contribution in [2.24, 2.45) is 5.92 Å². The standard InChI is InChI=1S/C19H24FN3O2/c1-25-19(24)12-3-2-4-13-15(9-12)23-18-17(13)16(14(20)10-22-18)11-5-7-21-8-6-11/h10-12,21H,2-9H2,1H3,(H,22,23). The van der Waals surface area contributed by atoms with Gasteiger partial charge in [-0.05, 0) is 56.7 Å². The lowest BCUT2D eigenvalue weighted by atomic mass is 9.87. The van der Waals surface area contributed by atoms with Crippen LogP contribution in [-0.4, -0.2) is 36.1 Å². The molecule has 0 saturated carbocycles. The van der Waals surface area contributed by atoms with E-state index >= 15 is 0 Å². The molecule has 2 aromatic rings. The second-order valence-electron chi connectivity index (χ2n) is 7.17. The molecule has 2 aliphatic rings. The number of nitrogens with one attached hydrogen (secondary N) is 2. The average Bonchev–Trinajstić information content (AvgIpc) is 2.84. The first kappa shape index (κ1) is 16.5. The molecule has 1 saturated heterocycles. The number of halogens is 1. The quantitative estimate of drug-likeness (QED) is 0.649. The Kier molecular flexibility index (Phi) is 4.46. The number of piperidine rings is 1. The van der Waals surface area contributed by atoms with Crippen molar-refractivity contribution in [1.82, 2.24) is 15.3 Å². The largest absolute Gasteiger partial charge is 0.469 e. The molecule has 0 spiro atoms. The highest BCUT2D eigenvalue weighted by atomic mass is 19.1. The minimum atomic E-state index is -0.199. The molecule has 2 aromatic heterocycles. The van der Waals surface area contributed by atoms with Gasteiger partial charge in [0.2, 0.25) is 0 Å². The molecule has 25 heavy (non-hydrogen) atoms. The maximum atomic E-state index is 14.7. The molecule has 0 bridgehead atoms. The summed E-state index contributed by atoms with van der Waals surface area (Å²) < 4.78 is 19.7. The van der Waals surface area contributed by atoms with Gasteiger partial charge in [0, 0.05) is 23.1 Å². The fourth-order valence-corrected chi connectivity index (χ4v) is 4.47. The summed E-state index contributed by atoms with van der Waals surface area (Å²) in [6, 6.07) is 0. The van der Waals surface area contributed by atoms with E-state index < -0.39 is 0 Å². The molecule has 1 atom stereocenters. The maximum Gasteiger partial charge on any atom is 0.309 e. The Morgan fingerprint density at radius 1 is 1.32 bits per heavy atom. The Labute approximate surface area is 146 Å². The van der Waals surface area contributed by atoms with Gasteiger partial charge in [0.25, 0.3) is 0 Å². The average molecular weight is 345 g/mol. The van der Waals surface area contributed by atoms with Crippen molar-refractivity contribution in [1.29, 1.82) is 0 Å². The second-order valence-corrected chi connectivity index (χ2v) is 7.17. The number of ether oxygens (including phenoxy) is 1. The number of H-pyrrole nitrogens is 1. The van der Waals surface area contributed by atoms with Crippen molar-refractivity contribution in [3.63, 3.8) is 0 Å². The first-order chi connectivity index (χ1) is 12.2. The van der Waals surface area contributed by atoms with E-state index in [1.54, 1.807) is 0 Å². The Hall–Kier alpha value is -1.95. The number of fused-ring (bicyclic) bond motifs is 3. The summed E-state index contributed by atoms with van der Waals surface area (Å²) in [6.07, 6.45) is 6.41. The van der Waals surface area contributed by atoms with Gasteiger partial charge in [-0.25, -0.2) is 9.37 Å². The molecule has 3 heterocycles. The highest BCUT2D eigenvalue weighted by Gasteiger charge is 2.30. The van der Waals surface area contributed by atoms with Gasteiger partial charge in [0.05, 0.1) is 19.2 Å². The maximum absolute atomic E-state index is 14.7. The van der Waals surface area contributed by atoms with Gasteiger partial charge in [-0.15, -0.1) is 0 Å². The van der Waals surface area contributed by atoms with Gasteiger partial charge in [-0.2, -0.15) is 0 Å². The van der Waals surface area contributed by atoms with Crippen LogP contribution in [0.25, 0.3) is 11.0 Å². The van der Waals surface area contributed by atoms with Crippen LogP contribution in [-0.2, 0) is 22.4 Å². The van der Waals surface area contributed by atoms with Crippen molar-refractivity contribution in [3.8, 4) is 0 Å². The number of carbonyl (C=O) groups is 1. The summed E-state index contributed by atoms with van der Waals surface area (Å²) in [5, 5.41) is 4.31. The van der Waals surface area contributed by atoms with Crippen molar-refractivity contribution in [2.45, 2.75) is 44.4 Å². The molecule has 1 aliphatic carbocycles. The van der Waals surface area contributed by atoms with E-state index in [2.05, 4.69) is 15.3 Å². The van der Waals surface area contributed by atoms with E-state index in [-0.39, 0.29) is 23.6 Å². The zero-order valence-corrected chi connectivity index (χ0v) is 14.5. The number of esters is 1. The molecule has 0 aromatic carbocycles. The number of pyridine rings is 1. The van der Waals surface area contributed by atoms with Crippen LogP contribution >= 0.6 is 0 Å². The normalized spacial score (nSPS) is 21.8. The zero-order chi connectivity index (χ0) is 17.4. The zero-order valence-electron chi connectivity index (χ0n) is 14.5. The van der Waals surface area contributed by atoms with Crippen LogP contribution in [0.5, 0.6) is 0 Å². The molecule has 134 valence electrons. The highest BCUT2D eigenvalue weighted by molar-refractivity contribution is 5.86. The minimum absolute atomic E-state index is 0.133. The number of aromatic nitrogens is 2. The molecule has 0 radical (unpaired) electrons. The van der Waals surface area contributed by atoms with Crippen LogP contribution < -0.4 is 5.32 Å². The summed E-state index contributed by atoms with van der Waals surface area (Å²) in [5.41, 5.74) is 3.75. The lowest BCUT2D eigenvalue weighted by Gasteiger charge is -2.24. The van der Waals surface area contributed by atoms with Crippen molar-refractivity contribution in [3.05, 3.63) is 28.8 Å². The Bertz CT molecular complexity index is 796. The highest BCUT2D eigenvalue weighted by Crippen LogP contribution is 2.38. The topological polar surface area (TPSA) is 67.0 Å². The van der Waals surface area contributed by atoms with Crippen molar-refractivity contribution >= 4 is 17.0 Å². The number of hydrogen-bond donors (Lipinski definition) is 2. The SMILES string of the molecule is COC(=O)C1CCCc2c([nH]c3ncc(F)c(C4CCNCC4)c23)C1. The molecule has 1 fully saturated rings. The number of hydrogen-bond acceptors (Lipinski definition) is 4. The minimum Gasteiger partial charge on any atom is -0.469 e. The van der Waals surface area contributed by atoms with E-state index in [0.29, 0.717) is 6.42 Å². The lowest BCUT2D eigenvalue weighted by molar-refractivity contribution is -0.145. The molecule has 1 aliphatic heterocycles. The van der Waals surface area contributed by atoms with Gasteiger partial charge in [-0.1, -0.05) is 0 Å². The number of nitrogens with zero attached hydrogens (tertiary/aromatic N) is 1. The van der Waals surface area contributed by atoms with Crippen LogP contribution in [0.3, 0.4) is 0 Å². The summed E-state index contributed by atoms with van der Waals surface area (Å²) in [4.78, 5) is 19.7. The van der Waals surface area contributed by atoms with Crippen LogP contribution in [0.2, 0.25) is 0 Å². The van der Waals surface area contributed by atoms with E-state index in [1.165, 1.54) is 13.3 Å². The number of methoxy groups -OCH3 is 1. The fraction of sp³-hybridized carbons (Fsp3) is 0.579.